The number of rotatable bonds is 2. The van der Waals surface area contributed by atoms with Gasteiger partial charge in [0.05, 0.1) is 0 Å². The summed E-state index contributed by atoms with van der Waals surface area (Å²) in [6.07, 6.45) is 6.94. The van der Waals surface area contributed by atoms with Crippen LogP contribution in [0.2, 0.25) is 0 Å². The Kier molecular flexibility index (Phi) is 3.52. The van der Waals surface area contributed by atoms with Gasteiger partial charge in [-0.1, -0.05) is 61.0 Å². The Bertz CT molecular complexity index is 587. The van der Waals surface area contributed by atoms with E-state index in [-0.39, 0.29) is 0 Å². The van der Waals surface area contributed by atoms with Crippen molar-refractivity contribution in [1.82, 2.24) is 5.32 Å². The first-order chi connectivity index (χ1) is 10.4. The molecule has 0 spiro atoms. The largest absolute Gasteiger partial charge is 0.307 e. The van der Waals surface area contributed by atoms with E-state index in [2.05, 4.69) is 59.9 Å². The molecule has 108 valence electrons. The Morgan fingerprint density at radius 3 is 2.29 bits per heavy atom. The molecule has 0 bridgehead atoms. The van der Waals surface area contributed by atoms with E-state index in [0.717, 1.165) is 12.0 Å². The summed E-state index contributed by atoms with van der Waals surface area (Å²) in [7, 11) is 0. The van der Waals surface area contributed by atoms with Gasteiger partial charge in [0.2, 0.25) is 0 Å². The van der Waals surface area contributed by atoms with Gasteiger partial charge in [0.15, 0.2) is 0 Å². The summed E-state index contributed by atoms with van der Waals surface area (Å²) in [6, 6.07) is 21.1. The Labute approximate surface area is 127 Å². The van der Waals surface area contributed by atoms with E-state index in [4.69, 9.17) is 0 Å². The van der Waals surface area contributed by atoms with E-state index < -0.39 is 0 Å². The van der Waals surface area contributed by atoms with Crippen molar-refractivity contribution in [2.24, 2.45) is 5.92 Å². The lowest BCUT2D eigenvalue weighted by molar-refractivity contribution is 0.261. The van der Waals surface area contributed by atoms with E-state index >= 15 is 0 Å². The molecule has 0 radical (unpaired) electrons. The standard InChI is InChI=1S/C20H23N/c1-2-5-15(6-3-1)16-9-11-18(12-10-16)20-14-13-17-7-4-8-19(17)21-20/h1-3,5-6,9-12,17,19-21H,4,7-8,13-14H2. The molecule has 2 aliphatic rings. The van der Waals surface area contributed by atoms with Gasteiger partial charge < -0.3 is 5.32 Å². The highest BCUT2D eigenvalue weighted by atomic mass is 15.0. The first kappa shape index (κ1) is 13.1. The molecule has 2 aromatic rings. The maximum absolute atomic E-state index is 3.89. The second-order valence-corrected chi connectivity index (χ2v) is 6.58. The molecule has 1 saturated heterocycles. The fraction of sp³-hybridized carbons (Fsp3) is 0.400. The third-order valence-corrected chi connectivity index (χ3v) is 5.32. The Hall–Kier alpha value is -1.60. The lowest BCUT2D eigenvalue weighted by atomic mass is 9.86. The molecular formula is C20H23N. The second-order valence-electron chi connectivity index (χ2n) is 6.58. The summed E-state index contributed by atoms with van der Waals surface area (Å²) in [5.41, 5.74) is 4.07. The maximum atomic E-state index is 3.89. The summed E-state index contributed by atoms with van der Waals surface area (Å²) in [6.45, 7) is 0. The van der Waals surface area contributed by atoms with Gasteiger partial charge in [0, 0.05) is 12.1 Å². The fourth-order valence-corrected chi connectivity index (χ4v) is 4.13. The highest BCUT2D eigenvalue weighted by Crippen LogP contribution is 2.38. The van der Waals surface area contributed by atoms with Gasteiger partial charge in [0.1, 0.15) is 0 Å². The summed E-state index contributed by atoms with van der Waals surface area (Å²) >= 11 is 0. The predicted octanol–water partition coefficient (Wildman–Crippen LogP) is 4.95. The zero-order chi connectivity index (χ0) is 14.1. The Morgan fingerprint density at radius 2 is 1.48 bits per heavy atom. The number of benzene rings is 2. The molecule has 2 aromatic carbocycles. The summed E-state index contributed by atoms with van der Waals surface area (Å²) in [5, 5.41) is 3.89. The minimum absolute atomic E-state index is 0.564. The average molecular weight is 277 g/mol. The monoisotopic (exact) mass is 277 g/mol. The van der Waals surface area contributed by atoms with Crippen LogP contribution in [-0.4, -0.2) is 6.04 Å². The van der Waals surface area contributed by atoms with Crippen LogP contribution in [-0.2, 0) is 0 Å². The van der Waals surface area contributed by atoms with Crippen molar-refractivity contribution < 1.29 is 0 Å². The van der Waals surface area contributed by atoms with Crippen molar-refractivity contribution in [2.45, 2.75) is 44.2 Å². The molecule has 1 nitrogen and oxygen atoms in total. The van der Waals surface area contributed by atoms with Gasteiger partial charge in [-0.15, -0.1) is 0 Å². The Balaban J connectivity index is 1.51. The smallest absolute Gasteiger partial charge is 0.0322 e. The summed E-state index contributed by atoms with van der Waals surface area (Å²) in [5.74, 6) is 0.949. The molecule has 0 amide bonds. The molecule has 1 aliphatic carbocycles. The van der Waals surface area contributed by atoms with Gasteiger partial charge in [-0.25, -0.2) is 0 Å². The molecule has 1 aliphatic heterocycles. The normalized spacial score (nSPS) is 28.3. The minimum Gasteiger partial charge on any atom is -0.307 e. The molecule has 1 saturated carbocycles. The molecule has 3 atom stereocenters. The van der Waals surface area contributed by atoms with Crippen LogP contribution in [0.3, 0.4) is 0 Å². The van der Waals surface area contributed by atoms with Crippen molar-refractivity contribution in [2.75, 3.05) is 0 Å². The van der Waals surface area contributed by atoms with E-state index in [1.54, 1.807) is 0 Å². The second kappa shape index (κ2) is 5.65. The number of nitrogens with one attached hydrogen (secondary N) is 1. The number of piperidine rings is 1. The molecule has 0 aromatic heterocycles. The highest BCUT2D eigenvalue weighted by Gasteiger charge is 2.33. The van der Waals surface area contributed by atoms with Crippen molar-refractivity contribution in [1.29, 1.82) is 0 Å². The number of hydrogen-bond donors (Lipinski definition) is 1. The fourth-order valence-electron chi connectivity index (χ4n) is 4.13. The van der Waals surface area contributed by atoms with Crippen molar-refractivity contribution in [3.8, 4) is 11.1 Å². The lowest BCUT2D eigenvalue weighted by Gasteiger charge is -2.34. The molecule has 2 fully saturated rings. The molecule has 1 N–H and O–H groups in total. The third kappa shape index (κ3) is 2.63. The molecular weight excluding hydrogens is 254 g/mol. The van der Waals surface area contributed by atoms with Crippen molar-refractivity contribution in [3.05, 3.63) is 60.2 Å². The van der Waals surface area contributed by atoms with Crippen LogP contribution < -0.4 is 5.32 Å². The van der Waals surface area contributed by atoms with E-state index in [0.29, 0.717) is 6.04 Å². The van der Waals surface area contributed by atoms with E-state index in [1.807, 2.05) is 0 Å². The predicted molar refractivity (Wildman–Crippen MR) is 88.1 cm³/mol. The molecule has 1 heterocycles. The highest BCUT2D eigenvalue weighted by molar-refractivity contribution is 5.63. The number of fused-ring (bicyclic) bond motifs is 1. The van der Waals surface area contributed by atoms with Crippen molar-refractivity contribution >= 4 is 0 Å². The SMILES string of the molecule is c1ccc(-c2ccc(C3CCC4CCCC4N3)cc2)cc1. The van der Waals surface area contributed by atoms with Gasteiger partial charge in [0.25, 0.3) is 0 Å². The molecule has 4 rings (SSSR count). The van der Waals surface area contributed by atoms with Crippen LogP contribution in [0, 0.1) is 5.92 Å². The molecule has 3 unspecified atom stereocenters. The van der Waals surface area contributed by atoms with Crippen LogP contribution in [0.1, 0.15) is 43.7 Å². The lowest BCUT2D eigenvalue weighted by Crippen LogP contribution is -2.40. The van der Waals surface area contributed by atoms with Crippen LogP contribution in [0.4, 0.5) is 0 Å². The van der Waals surface area contributed by atoms with Crippen LogP contribution in [0.25, 0.3) is 11.1 Å². The van der Waals surface area contributed by atoms with Crippen molar-refractivity contribution in [3.63, 3.8) is 0 Å². The maximum Gasteiger partial charge on any atom is 0.0322 e. The third-order valence-electron chi connectivity index (χ3n) is 5.32. The topological polar surface area (TPSA) is 12.0 Å². The summed E-state index contributed by atoms with van der Waals surface area (Å²) in [4.78, 5) is 0. The first-order valence-corrected chi connectivity index (χ1v) is 8.31. The van der Waals surface area contributed by atoms with Gasteiger partial charge in [-0.3, -0.25) is 0 Å². The van der Waals surface area contributed by atoms with Gasteiger partial charge in [-0.2, -0.15) is 0 Å². The van der Waals surface area contributed by atoms with Crippen LogP contribution in [0.5, 0.6) is 0 Å². The molecule has 21 heavy (non-hydrogen) atoms. The summed E-state index contributed by atoms with van der Waals surface area (Å²) < 4.78 is 0. The van der Waals surface area contributed by atoms with Gasteiger partial charge >= 0.3 is 0 Å². The first-order valence-electron chi connectivity index (χ1n) is 8.31. The van der Waals surface area contributed by atoms with E-state index in [1.165, 1.54) is 48.8 Å². The Morgan fingerprint density at radius 1 is 0.714 bits per heavy atom. The minimum atomic E-state index is 0.564. The van der Waals surface area contributed by atoms with Gasteiger partial charge in [-0.05, 0) is 48.3 Å². The van der Waals surface area contributed by atoms with E-state index in [9.17, 15) is 0 Å². The van der Waals surface area contributed by atoms with Crippen LogP contribution >= 0.6 is 0 Å². The number of hydrogen-bond acceptors (Lipinski definition) is 1. The van der Waals surface area contributed by atoms with Crippen LogP contribution in [0.15, 0.2) is 54.6 Å². The zero-order valence-corrected chi connectivity index (χ0v) is 12.5. The quantitative estimate of drug-likeness (QED) is 0.819. The zero-order valence-electron chi connectivity index (χ0n) is 12.5. The molecule has 1 heteroatoms. The average Bonchev–Trinajstić information content (AvgIpc) is 3.03.